The molecule has 0 aliphatic carbocycles. The van der Waals surface area contributed by atoms with Crippen LogP contribution in [0.2, 0.25) is 0 Å². The van der Waals surface area contributed by atoms with Crippen molar-refractivity contribution >= 4 is 16.6 Å². The van der Waals surface area contributed by atoms with Gasteiger partial charge in [0.25, 0.3) is 0 Å². The summed E-state index contributed by atoms with van der Waals surface area (Å²) in [6.07, 6.45) is -2.08. The number of hydrogen-bond donors (Lipinski definition) is 1. The summed E-state index contributed by atoms with van der Waals surface area (Å²) in [6.45, 7) is 0. The van der Waals surface area contributed by atoms with Crippen molar-refractivity contribution in [2.24, 2.45) is 0 Å². The molecule has 0 unspecified atom stereocenters. The van der Waals surface area contributed by atoms with Gasteiger partial charge in [-0.25, -0.2) is 0 Å². The molecule has 0 bridgehead atoms. The summed E-state index contributed by atoms with van der Waals surface area (Å²) in [7, 11) is -5.17. The summed E-state index contributed by atoms with van der Waals surface area (Å²) in [4.78, 5) is 8.44. The molecule has 0 rings (SSSR count). The molecule has 0 aliphatic rings. The third-order valence-corrected chi connectivity index (χ3v) is 0. The SMILES string of the molecule is O=C([O-])O.O=S(=O)([O-])[O-].[Cu+2].[Na+]. The number of carboxylic acid groups (broad SMARTS) is 2. The molecule has 0 aromatic carbocycles. The monoisotopic (exact) mass is 243 g/mol. The van der Waals surface area contributed by atoms with Crippen molar-refractivity contribution in [1.29, 1.82) is 0 Å². The van der Waals surface area contributed by atoms with Crippen LogP contribution in [0.25, 0.3) is 0 Å². The molecule has 1 N–H and O–H groups in total. The van der Waals surface area contributed by atoms with E-state index in [1.165, 1.54) is 0 Å². The quantitative estimate of drug-likeness (QED) is 0.254. The average molecular weight is 244 g/mol. The molecule has 0 aliphatic heterocycles. The maximum atomic E-state index is 8.52. The van der Waals surface area contributed by atoms with E-state index < -0.39 is 16.6 Å². The van der Waals surface area contributed by atoms with Gasteiger partial charge in [-0.15, -0.1) is 0 Å². The first kappa shape index (κ1) is 22.6. The molecule has 0 saturated carbocycles. The topological polar surface area (TPSA) is 141 Å². The summed E-state index contributed by atoms with van der Waals surface area (Å²) in [6, 6.07) is 0. The van der Waals surface area contributed by atoms with Gasteiger partial charge in [-0.1, -0.05) is 0 Å². The van der Waals surface area contributed by atoms with Crippen molar-refractivity contribution in [2.75, 3.05) is 0 Å². The average Bonchev–Trinajstić information content (AvgIpc) is 1.19. The standard InChI is InChI=1S/CH2O3.Cu.Na.H2O4S/c2-1(3)4;;;1-5(2,3)4/h(H2,2,3,4);;;(H2,1,2,3,4)/q;+2;+1;/p-3. The summed E-state index contributed by atoms with van der Waals surface area (Å²) >= 11 is 0. The van der Waals surface area contributed by atoms with Crippen LogP contribution in [-0.2, 0) is 27.5 Å². The van der Waals surface area contributed by atoms with E-state index in [4.69, 9.17) is 32.5 Å². The molecule has 7 nitrogen and oxygen atoms in total. The molecule has 0 aromatic rings. The van der Waals surface area contributed by atoms with E-state index in [1.807, 2.05) is 0 Å². The van der Waals surface area contributed by atoms with Gasteiger partial charge in [0.15, 0.2) is 0 Å². The smallest absolute Gasteiger partial charge is 0.759 e. The van der Waals surface area contributed by atoms with Crippen LogP contribution >= 0.6 is 0 Å². The Kier molecular flexibility index (Phi) is 21.9. The van der Waals surface area contributed by atoms with Crippen LogP contribution in [0.4, 0.5) is 4.79 Å². The maximum absolute atomic E-state index is 8.52. The van der Waals surface area contributed by atoms with Crippen LogP contribution < -0.4 is 34.7 Å². The first-order valence-electron chi connectivity index (χ1n) is 1.30. The van der Waals surface area contributed by atoms with Gasteiger partial charge >= 0.3 is 46.6 Å². The minimum atomic E-state index is -5.17. The van der Waals surface area contributed by atoms with Crippen molar-refractivity contribution in [1.82, 2.24) is 0 Å². The van der Waals surface area contributed by atoms with Crippen LogP contribution in [0.1, 0.15) is 0 Å². The normalized spacial score (nSPS) is 7.45. The van der Waals surface area contributed by atoms with Crippen molar-refractivity contribution in [3.05, 3.63) is 0 Å². The molecule has 0 spiro atoms. The van der Waals surface area contributed by atoms with Crippen molar-refractivity contribution in [2.45, 2.75) is 0 Å². The molecule has 65 valence electrons. The fraction of sp³-hybridized carbons (Fsp3) is 0. The zero-order valence-electron chi connectivity index (χ0n) is 5.11. The Morgan fingerprint density at radius 1 is 1.27 bits per heavy atom. The Balaban J connectivity index is -0.0000000383. The molecule has 10 heteroatoms. The van der Waals surface area contributed by atoms with E-state index in [2.05, 4.69) is 0 Å². The second kappa shape index (κ2) is 10.7. The molecule has 0 heterocycles. The third-order valence-electron chi connectivity index (χ3n) is 0. The molecular weight excluding hydrogens is 243 g/mol. The predicted octanol–water partition coefficient (Wildman–Crippen LogP) is -5.45. The Morgan fingerprint density at radius 2 is 1.27 bits per heavy atom. The van der Waals surface area contributed by atoms with Crippen molar-refractivity contribution in [3.63, 3.8) is 0 Å². The molecular formula is CHCuNaO7S. The first-order valence-corrected chi connectivity index (χ1v) is 2.63. The van der Waals surface area contributed by atoms with E-state index >= 15 is 0 Å². The van der Waals surface area contributed by atoms with Gasteiger partial charge in [0.2, 0.25) is 6.16 Å². The van der Waals surface area contributed by atoms with Crippen molar-refractivity contribution < 1.29 is 79.2 Å². The van der Waals surface area contributed by atoms with Gasteiger partial charge in [-0.05, 0) is 0 Å². The van der Waals surface area contributed by atoms with Gasteiger partial charge in [-0.2, -0.15) is 0 Å². The first-order chi connectivity index (χ1) is 3.73. The second-order valence-electron chi connectivity index (χ2n) is 0.674. The van der Waals surface area contributed by atoms with Crippen LogP contribution in [0.5, 0.6) is 0 Å². The zero-order valence-corrected chi connectivity index (χ0v) is 8.86. The molecule has 0 fully saturated rings. The second-order valence-corrected chi connectivity index (χ2v) is 1.49. The molecule has 1 radical (unpaired) electrons. The van der Waals surface area contributed by atoms with E-state index in [1.54, 1.807) is 0 Å². The van der Waals surface area contributed by atoms with Crippen LogP contribution in [0.15, 0.2) is 0 Å². The summed E-state index contributed by atoms with van der Waals surface area (Å²) < 4.78 is 34.1. The number of rotatable bonds is 0. The number of hydrogen-bond acceptors (Lipinski definition) is 6. The fourth-order valence-corrected chi connectivity index (χ4v) is 0. The van der Waals surface area contributed by atoms with Gasteiger partial charge in [0.1, 0.15) is 0 Å². The van der Waals surface area contributed by atoms with Crippen molar-refractivity contribution in [3.8, 4) is 0 Å². The Hall–Kier alpha value is 0.659. The van der Waals surface area contributed by atoms with E-state index in [0.29, 0.717) is 0 Å². The summed E-state index contributed by atoms with van der Waals surface area (Å²) in [5.74, 6) is 0. The predicted molar refractivity (Wildman–Crippen MR) is 18.5 cm³/mol. The third kappa shape index (κ3) is 1840. The molecule has 0 amide bonds. The van der Waals surface area contributed by atoms with Crippen LogP contribution in [-0.4, -0.2) is 28.8 Å². The Bertz CT molecular complexity index is 161. The zero-order chi connectivity index (χ0) is 8.08. The number of carbonyl (C=O) groups is 1. The molecule has 11 heavy (non-hydrogen) atoms. The molecule has 0 saturated heterocycles. The van der Waals surface area contributed by atoms with Gasteiger partial charge in [0.05, 0.1) is 0 Å². The Morgan fingerprint density at radius 3 is 1.27 bits per heavy atom. The van der Waals surface area contributed by atoms with Gasteiger partial charge in [0, 0.05) is 10.4 Å². The van der Waals surface area contributed by atoms with E-state index in [9.17, 15) is 0 Å². The van der Waals surface area contributed by atoms with Gasteiger partial charge in [-0.3, -0.25) is 8.42 Å². The van der Waals surface area contributed by atoms with Gasteiger partial charge < -0.3 is 24.1 Å². The minimum Gasteiger partial charge on any atom is -0.759 e. The van der Waals surface area contributed by atoms with E-state index in [0.717, 1.165) is 0 Å². The fourth-order valence-electron chi connectivity index (χ4n) is 0. The summed E-state index contributed by atoms with van der Waals surface area (Å²) in [5, 5.41) is 15.3. The largest absolute Gasteiger partial charge is 2.00 e. The van der Waals surface area contributed by atoms with E-state index in [-0.39, 0.29) is 46.6 Å². The van der Waals surface area contributed by atoms with Crippen LogP contribution in [0.3, 0.4) is 0 Å². The Labute approximate surface area is 95.1 Å². The summed E-state index contributed by atoms with van der Waals surface area (Å²) in [5.41, 5.74) is 0. The van der Waals surface area contributed by atoms with Crippen LogP contribution in [0, 0.1) is 0 Å². The maximum Gasteiger partial charge on any atom is 2.00 e. The molecule has 0 atom stereocenters. The molecule has 0 aromatic heterocycles. The minimum absolute atomic E-state index is 0.